The maximum Gasteiger partial charge on any atom is 0.251 e. The maximum atomic E-state index is 11.6. The third-order valence-corrected chi connectivity index (χ3v) is 4.11. The molecule has 0 radical (unpaired) electrons. The Hall–Kier alpha value is -2.00. The molecule has 2 aromatic carbocycles. The van der Waals surface area contributed by atoms with Gasteiger partial charge < -0.3 is 5.21 Å². The molecule has 0 spiro atoms. The summed E-state index contributed by atoms with van der Waals surface area (Å²) in [6, 6.07) is 20.1. The molecule has 2 nitrogen and oxygen atoms in total. The van der Waals surface area contributed by atoms with Crippen LogP contribution in [0.15, 0.2) is 71.9 Å². The molecule has 0 N–H and O–H groups in total. The zero-order chi connectivity index (χ0) is 13.1. The summed E-state index contributed by atoms with van der Waals surface area (Å²) in [7, 11) is 0. The fraction of sp³-hybridized carbons (Fsp3) is 0.0625. The van der Waals surface area contributed by atoms with Gasteiger partial charge >= 0.3 is 0 Å². The Balaban J connectivity index is 1.88. The topological polar surface area (TPSA) is 26.9 Å². The molecule has 19 heavy (non-hydrogen) atoms. The van der Waals surface area contributed by atoms with Crippen molar-refractivity contribution >= 4 is 22.5 Å². The predicted molar refractivity (Wildman–Crippen MR) is 78.9 cm³/mol. The quantitative estimate of drug-likeness (QED) is 0.410. The number of thioether (sulfide) groups is 1. The number of rotatable bonds is 3. The van der Waals surface area contributed by atoms with E-state index in [0.29, 0.717) is 0 Å². The van der Waals surface area contributed by atoms with Crippen LogP contribution in [0.5, 0.6) is 0 Å². The predicted octanol–water partition coefficient (Wildman–Crippen LogP) is 3.77. The highest BCUT2D eigenvalue weighted by molar-refractivity contribution is 7.98. The second kappa shape index (κ2) is 5.33. The Morgan fingerprint density at radius 3 is 2.58 bits per heavy atom. The van der Waals surface area contributed by atoms with Crippen LogP contribution in [-0.2, 0) is 5.75 Å². The standard InChI is InChI=1S/C16H13NOS/c18-17-11-4-3-10-16(17)19-12-14-8-5-7-13-6-1-2-9-15(13)14/h1-11H,12H2. The van der Waals surface area contributed by atoms with Crippen molar-refractivity contribution in [1.29, 1.82) is 0 Å². The summed E-state index contributed by atoms with van der Waals surface area (Å²) < 4.78 is 0.912. The molecule has 0 atom stereocenters. The fourth-order valence-corrected chi connectivity index (χ4v) is 3.01. The Bertz CT molecular complexity index is 706. The molecule has 3 aromatic rings. The van der Waals surface area contributed by atoms with Gasteiger partial charge in [0.05, 0.1) is 0 Å². The summed E-state index contributed by atoms with van der Waals surface area (Å²) in [6.07, 6.45) is 1.53. The molecule has 0 aliphatic heterocycles. The Kier molecular flexibility index (Phi) is 3.38. The highest BCUT2D eigenvalue weighted by Crippen LogP contribution is 2.25. The average molecular weight is 267 g/mol. The van der Waals surface area contributed by atoms with E-state index in [4.69, 9.17) is 0 Å². The Labute approximate surface area is 116 Å². The number of hydrogen-bond donors (Lipinski definition) is 0. The number of fused-ring (bicyclic) bond motifs is 1. The Morgan fingerprint density at radius 1 is 0.895 bits per heavy atom. The summed E-state index contributed by atoms with van der Waals surface area (Å²) in [5.74, 6) is 0.799. The molecular formula is C16H13NOS. The van der Waals surface area contributed by atoms with Crippen molar-refractivity contribution in [2.75, 3.05) is 0 Å². The third kappa shape index (κ3) is 2.56. The minimum atomic E-state index is 0.732. The minimum absolute atomic E-state index is 0.732. The second-order valence-electron chi connectivity index (χ2n) is 4.29. The van der Waals surface area contributed by atoms with Gasteiger partial charge in [0, 0.05) is 17.9 Å². The van der Waals surface area contributed by atoms with E-state index in [1.54, 1.807) is 17.8 Å². The van der Waals surface area contributed by atoms with Crippen LogP contribution in [0.25, 0.3) is 10.8 Å². The first-order chi connectivity index (χ1) is 9.34. The van der Waals surface area contributed by atoms with Crippen molar-refractivity contribution in [2.24, 2.45) is 0 Å². The molecule has 0 saturated carbocycles. The number of nitrogens with zero attached hydrogens (tertiary/aromatic N) is 1. The normalized spacial score (nSPS) is 10.7. The molecule has 0 unspecified atom stereocenters. The summed E-state index contributed by atoms with van der Waals surface area (Å²) in [4.78, 5) is 0. The average Bonchev–Trinajstić information content (AvgIpc) is 2.46. The largest absolute Gasteiger partial charge is 0.618 e. The van der Waals surface area contributed by atoms with Gasteiger partial charge in [-0.25, -0.2) is 0 Å². The van der Waals surface area contributed by atoms with Crippen LogP contribution < -0.4 is 4.73 Å². The summed E-state index contributed by atoms with van der Waals surface area (Å²) >= 11 is 1.57. The van der Waals surface area contributed by atoms with E-state index in [1.165, 1.54) is 22.5 Å². The molecule has 0 fully saturated rings. The Morgan fingerprint density at radius 2 is 1.68 bits per heavy atom. The number of hydrogen-bond acceptors (Lipinski definition) is 2. The smallest absolute Gasteiger partial charge is 0.251 e. The highest BCUT2D eigenvalue weighted by atomic mass is 32.2. The van der Waals surface area contributed by atoms with Crippen molar-refractivity contribution in [1.82, 2.24) is 0 Å². The molecule has 0 aliphatic carbocycles. The van der Waals surface area contributed by atoms with Gasteiger partial charge in [0.15, 0.2) is 6.20 Å². The van der Waals surface area contributed by atoms with Gasteiger partial charge in [0.1, 0.15) is 0 Å². The minimum Gasteiger partial charge on any atom is -0.618 e. The van der Waals surface area contributed by atoms with E-state index in [1.807, 2.05) is 24.3 Å². The van der Waals surface area contributed by atoms with Gasteiger partial charge in [-0.15, -0.1) is 0 Å². The van der Waals surface area contributed by atoms with E-state index < -0.39 is 0 Å². The summed E-state index contributed by atoms with van der Waals surface area (Å²) in [6.45, 7) is 0. The molecule has 0 amide bonds. The molecule has 94 valence electrons. The van der Waals surface area contributed by atoms with Crippen LogP contribution >= 0.6 is 11.8 Å². The van der Waals surface area contributed by atoms with Crippen molar-refractivity contribution in [3.63, 3.8) is 0 Å². The zero-order valence-corrected chi connectivity index (χ0v) is 11.1. The first-order valence-electron chi connectivity index (χ1n) is 6.12. The van der Waals surface area contributed by atoms with Crippen LogP contribution in [0.2, 0.25) is 0 Å². The van der Waals surface area contributed by atoms with E-state index in [-0.39, 0.29) is 0 Å². The zero-order valence-electron chi connectivity index (χ0n) is 10.3. The van der Waals surface area contributed by atoms with E-state index in [2.05, 4.69) is 30.3 Å². The summed E-state index contributed by atoms with van der Waals surface area (Å²) in [5, 5.41) is 14.8. The van der Waals surface area contributed by atoms with E-state index in [0.717, 1.165) is 15.5 Å². The van der Waals surface area contributed by atoms with E-state index >= 15 is 0 Å². The molecule has 0 saturated heterocycles. The first-order valence-corrected chi connectivity index (χ1v) is 7.11. The van der Waals surface area contributed by atoms with Crippen LogP contribution in [0.3, 0.4) is 0 Å². The lowest BCUT2D eigenvalue weighted by Gasteiger charge is -2.06. The van der Waals surface area contributed by atoms with Gasteiger partial charge in [0.2, 0.25) is 0 Å². The van der Waals surface area contributed by atoms with Crippen LogP contribution in [0.4, 0.5) is 0 Å². The highest BCUT2D eigenvalue weighted by Gasteiger charge is 2.06. The molecule has 3 rings (SSSR count). The molecule has 0 aliphatic rings. The summed E-state index contributed by atoms with van der Waals surface area (Å²) in [5.41, 5.74) is 1.26. The van der Waals surface area contributed by atoms with Gasteiger partial charge in [-0.3, -0.25) is 0 Å². The monoisotopic (exact) mass is 267 g/mol. The van der Waals surface area contributed by atoms with Gasteiger partial charge in [-0.2, -0.15) is 4.73 Å². The third-order valence-electron chi connectivity index (χ3n) is 3.04. The van der Waals surface area contributed by atoms with Gasteiger partial charge in [-0.05, 0) is 22.4 Å². The second-order valence-corrected chi connectivity index (χ2v) is 5.29. The van der Waals surface area contributed by atoms with Crippen LogP contribution in [0.1, 0.15) is 5.56 Å². The molecule has 0 bridgehead atoms. The lowest BCUT2D eigenvalue weighted by molar-refractivity contribution is -0.645. The van der Waals surface area contributed by atoms with Crippen molar-refractivity contribution in [2.45, 2.75) is 10.8 Å². The lowest BCUT2D eigenvalue weighted by atomic mass is 10.1. The van der Waals surface area contributed by atoms with Crippen LogP contribution in [-0.4, -0.2) is 0 Å². The first kappa shape index (κ1) is 12.1. The molecular weight excluding hydrogens is 254 g/mol. The van der Waals surface area contributed by atoms with E-state index in [9.17, 15) is 5.21 Å². The van der Waals surface area contributed by atoms with Crippen molar-refractivity contribution < 1.29 is 4.73 Å². The molecule has 1 aromatic heterocycles. The van der Waals surface area contributed by atoms with Crippen molar-refractivity contribution in [3.8, 4) is 0 Å². The molecule has 3 heteroatoms. The lowest BCUT2D eigenvalue weighted by Crippen LogP contribution is -2.27. The number of aromatic nitrogens is 1. The number of pyridine rings is 1. The fourth-order valence-electron chi connectivity index (χ4n) is 2.09. The SMILES string of the molecule is [O-][n+]1ccccc1SCc1cccc2ccccc12. The van der Waals surface area contributed by atoms with Crippen molar-refractivity contribution in [3.05, 3.63) is 77.6 Å². The van der Waals surface area contributed by atoms with Gasteiger partial charge in [-0.1, -0.05) is 54.2 Å². The molecule has 1 heterocycles. The van der Waals surface area contributed by atoms with Gasteiger partial charge in [0.25, 0.3) is 5.03 Å². The number of benzene rings is 2. The maximum absolute atomic E-state index is 11.6. The van der Waals surface area contributed by atoms with Crippen LogP contribution in [0, 0.1) is 5.21 Å².